The first-order chi connectivity index (χ1) is 16.7. The summed E-state index contributed by atoms with van der Waals surface area (Å²) in [5.74, 6) is -2.06. The molecule has 4 heterocycles. The van der Waals surface area contributed by atoms with E-state index < -0.39 is 28.2 Å². The SMILES string of the molecule is C[C@]1(c2cc(/C=C(\F)c3ccc(C#N)cn3)cnc2F)N=C(N)S[C@@]2(C(=O)N3CC[C@H](F)C3)C[C@H]21. The highest BCUT2D eigenvalue weighted by Gasteiger charge is 2.71. The molecule has 4 atom stereocenters. The monoisotopic (exact) mass is 498 g/mol. The Hall–Kier alpha value is -3.39. The van der Waals surface area contributed by atoms with Crippen molar-refractivity contribution >= 4 is 34.7 Å². The maximum Gasteiger partial charge on any atom is 0.239 e. The topological polar surface area (TPSA) is 108 Å². The van der Waals surface area contributed by atoms with Crippen LogP contribution < -0.4 is 5.73 Å². The van der Waals surface area contributed by atoms with E-state index in [1.54, 1.807) is 6.92 Å². The van der Waals surface area contributed by atoms with E-state index in [1.165, 1.54) is 35.5 Å². The number of amidine groups is 1. The number of aromatic nitrogens is 2. The number of carbonyl (C=O) groups excluding carboxylic acids is 1. The molecule has 1 saturated heterocycles. The van der Waals surface area contributed by atoms with Crippen LogP contribution in [0, 0.1) is 23.2 Å². The van der Waals surface area contributed by atoms with Crippen LogP contribution in [0.25, 0.3) is 11.9 Å². The van der Waals surface area contributed by atoms with E-state index >= 15 is 4.39 Å². The summed E-state index contributed by atoms with van der Waals surface area (Å²) in [6, 6.07) is 6.17. The second-order valence-electron chi connectivity index (χ2n) is 9.13. The third kappa shape index (κ3) is 3.95. The number of carbonyl (C=O) groups is 1. The molecule has 0 bridgehead atoms. The predicted molar refractivity (Wildman–Crippen MR) is 126 cm³/mol. The average Bonchev–Trinajstić information content (AvgIpc) is 3.44. The number of pyridine rings is 2. The van der Waals surface area contributed by atoms with Gasteiger partial charge in [-0.05, 0) is 49.6 Å². The molecule has 0 spiro atoms. The lowest BCUT2D eigenvalue weighted by Gasteiger charge is -2.34. The second-order valence-corrected chi connectivity index (χ2v) is 10.5. The van der Waals surface area contributed by atoms with Gasteiger partial charge in [-0.1, -0.05) is 11.8 Å². The summed E-state index contributed by atoms with van der Waals surface area (Å²) in [5.41, 5.74) is 5.58. The van der Waals surface area contributed by atoms with Gasteiger partial charge in [0.25, 0.3) is 0 Å². The van der Waals surface area contributed by atoms with Crippen LogP contribution in [0.15, 0.2) is 35.6 Å². The molecule has 35 heavy (non-hydrogen) atoms. The normalized spacial score (nSPS) is 29.9. The molecule has 2 fully saturated rings. The standard InChI is InChI=1S/C24H21F3N6OS/c1-23(19-8-24(19,35-22(29)32-23)21(34)33-5-4-15(25)12-33)16-6-14(11-31-20(16)27)7-17(26)18-3-2-13(9-28)10-30-18/h2-3,6-7,10-11,15,19H,4-5,8,12H2,1H3,(H2,29,32)/b17-7-/t15-,19-,23+,24-/m0/s1. The van der Waals surface area contributed by atoms with Gasteiger partial charge < -0.3 is 10.6 Å². The number of amides is 1. The van der Waals surface area contributed by atoms with Crippen LogP contribution in [0.2, 0.25) is 0 Å². The lowest BCUT2D eigenvalue weighted by atomic mass is 9.86. The Labute approximate surface area is 203 Å². The Morgan fingerprint density at radius 3 is 2.83 bits per heavy atom. The van der Waals surface area contributed by atoms with E-state index in [2.05, 4.69) is 15.0 Å². The first-order valence-corrected chi connectivity index (χ1v) is 11.9. The largest absolute Gasteiger partial charge is 0.378 e. The zero-order valence-corrected chi connectivity index (χ0v) is 19.5. The Morgan fingerprint density at radius 1 is 1.37 bits per heavy atom. The molecule has 5 rings (SSSR count). The van der Waals surface area contributed by atoms with E-state index in [0.717, 1.165) is 17.8 Å². The minimum Gasteiger partial charge on any atom is -0.378 e. The van der Waals surface area contributed by atoms with Crippen LogP contribution in [0.4, 0.5) is 13.2 Å². The van der Waals surface area contributed by atoms with Crippen molar-refractivity contribution < 1.29 is 18.0 Å². The third-order valence-electron chi connectivity index (χ3n) is 6.83. The molecule has 2 N–H and O–H groups in total. The van der Waals surface area contributed by atoms with Gasteiger partial charge in [-0.2, -0.15) is 9.65 Å². The van der Waals surface area contributed by atoms with E-state index in [9.17, 15) is 13.6 Å². The molecule has 11 heteroatoms. The van der Waals surface area contributed by atoms with Gasteiger partial charge >= 0.3 is 0 Å². The fourth-order valence-corrected chi connectivity index (χ4v) is 6.39. The highest BCUT2D eigenvalue weighted by molar-refractivity contribution is 8.15. The Balaban J connectivity index is 1.47. The summed E-state index contributed by atoms with van der Waals surface area (Å²) in [6.45, 7) is 2.06. The number of alkyl halides is 1. The van der Waals surface area contributed by atoms with Gasteiger partial charge in [0.1, 0.15) is 22.8 Å². The number of halogens is 3. The fourth-order valence-electron chi connectivity index (χ4n) is 4.94. The van der Waals surface area contributed by atoms with Crippen LogP contribution in [0.5, 0.6) is 0 Å². The van der Waals surface area contributed by atoms with Gasteiger partial charge in [-0.25, -0.2) is 13.8 Å². The van der Waals surface area contributed by atoms with Crippen molar-refractivity contribution in [3.8, 4) is 6.07 Å². The number of rotatable bonds is 4. The molecule has 2 aliphatic heterocycles. The van der Waals surface area contributed by atoms with E-state index in [4.69, 9.17) is 11.0 Å². The quantitative estimate of drug-likeness (QED) is 0.646. The molecule has 7 nitrogen and oxygen atoms in total. The number of aliphatic imine (C=N–C) groups is 1. The van der Waals surface area contributed by atoms with Gasteiger partial charge in [-0.15, -0.1) is 0 Å². The van der Waals surface area contributed by atoms with Crippen LogP contribution in [-0.2, 0) is 10.3 Å². The number of nitrogens with zero attached hydrogens (tertiary/aromatic N) is 5. The summed E-state index contributed by atoms with van der Waals surface area (Å²) >= 11 is 1.14. The van der Waals surface area contributed by atoms with Crippen LogP contribution in [0.3, 0.4) is 0 Å². The lowest BCUT2D eigenvalue weighted by Crippen LogP contribution is -2.45. The van der Waals surface area contributed by atoms with E-state index in [1.807, 2.05) is 6.07 Å². The van der Waals surface area contributed by atoms with Crippen LogP contribution in [-0.4, -0.2) is 50.0 Å². The van der Waals surface area contributed by atoms with E-state index in [0.29, 0.717) is 24.9 Å². The van der Waals surface area contributed by atoms with Crippen molar-refractivity contribution in [3.05, 3.63) is 58.9 Å². The lowest BCUT2D eigenvalue weighted by molar-refractivity contribution is -0.131. The van der Waals surface area contributed by atoms with Crippen molar-refractivity contribution in [2.75, 3.05) is 13.1 Å². The molecule has 1 saturated carbocycles. The first kappa shape index (κ1) is 23.4. The molecule has 3 aliphatic rings. The average molecular weight is 499 g/mol. The molecule has 0 unspecified atom stereocenters. The fraction of sp³-hybridized carbons (Fsp3) is 0.375. The van der Waals surface area contributed by atoms with Crippen molar-refractivity contribution in [1.29, 1.82) is 5.26 Å². The maximum absolute atomic E-state index is 15.0. The summed E-state index contributed by atoms with van der Waals surface area (Å²) in [5, 5.41) is 9.01. The van der Waals surface area contributed by atoms with Crippen molar-refractivity contribution in [3.63, 3.8) is 0 Å². The van der Waals surface area contributed by atoms with E-state index in [-0.39, 0.29) is 40.4 Å². The number of hydrogen-bond donors (Lipinski definition) is 1. The summed E-state index contributed by atoms with van der Waals surface area (Å²) in [7, 11) is 0. The minimum atomic E-state index is -1.20. The van der Waals surface area contributed by atoms with Gasteiger partial charge in [0, 0.05) is 30.4 Å². The number of nitriles is 1. The van der Waals surface area contributed by atoms with Crippen molar-refractivity contribution in [2.24, 2.45) is 16.6 Å². The van der Waals surface area contributed by atoms with Crippen molar-refractivity contribution in [1.82, 2.24) is 14.9 Å². The van der Waals surface area contributed by atoms with Crippen LogP contribution in [0.1, 0.15) is 42.1 Å². The highest BCUT2D eigenvalue weighted by Crippen LogP contribution is 2.66. The third-order valence-corrected chi connectivity index (χ3v) is 8.12. The number of thioether (sulfide) groups is 1. The Kier molecular flexibility index (Phi) is 5.59. The molecular formula is C24H21F3N6OS. The molecule has 0 radical (unpaired) electrons. The molecule has 1 amide bonds. The second kappa shape index (κ2) is 8.37. The van der Waals surface area contributed by atoms with Gasteiger partial charge in [-0.3, -0.25) is 14.8 Å². The molecule has 180 valence electrons. The minimum absolute atomic E-state index is 0.0148. The molecule has 2 aromatic rings. The molecule has 1 aliphatic carbocycles. The first-order valence-electron chi connectivity index (χ1n) is 11.0. The van der Waals surface area contributed by atoms with Gasteiger partial charge in [0.15, 0.2) is 5.17 Å². The molecule has 2 aromatic heterocycles. The predicted octanol–water partition coefficient (Wildman–Crippen LogP) is 3.56. The van der Waals surface area contributed by atoms with Gasteiger partial charge in [0.05, 0.1) is 23.3 Å². The summed E-state index contributed by atoms with van der Waals surface area (Å²) in [4.78, 5) is 27.0. The van der Waals surface area contributed by atoms with Gasteiger partial charge in [0.2, 0.25) is 11.9 Å². The zero-order chi connectivity index (χ0) is 25.0. The zero-order valence-electron chi connectivity index (χ0n) is 18.7. The summed E-state index contributed by atoms with van der Waals surface area (Å²) < 4.78 is 42.6. The highest BCUT2D eigenvalue weighted by atomic mass is 32.2. The molecule has 0 aromatic carbocycles. The summed E-state index contributed by atoms with van der Waals surface area (Å²) in [6.07, 6.45) is 3.26. The smallest absolute Gasteiger partial charge is 0.239 e. The number of hydrogen-bond acceptors (Lipinski definition) is 7. The Bertz CT molecular complexity index is 1310. The van der Waals surface area contributed by atoms with Crippen molar-refractivity contribution in [2.45, 2.75) is 36.2 Å². The molecular weight excluding hydrogens is 477 g/mol. The number of fused-ring (bicyclic) bond motifs is 1. The number of likely N-dealkylation sites (tertiary alicyclic amines) is 1. The maximum atomic E-state index is 15.0. The Morgan fingerprint density at radius 2 is 2.17 bits per heavy atom. The van der Waals surface area contributed by atoms with Crippen LogP contribution >= 0.6 is 11.8 Å². The number of nitrogens with two attached hydrogens (primary N) is 1.